The van der Waals surface area contributed by atoms with Crippen molar-refractivity contribution in [3.05, 3.63) is 29.8 Å². The third-order valence-electron chi connectivity index (χ3n) is 3.02. The molecule has 1 unspecified atom stereocenters. The standard InChI is InChI=1S/C14H17NO4/c1-18-14(17)10-5-4-6-11(9-10)15-13(16)12-7-2-3-8-19-12/h4-6,9,12H,2-3,7-8H2,1H3,(H,15,16). The van der Waals surface area contributed by atoms with E-state index < -0.39 is 12.1 Å². The molecule has 0 aromatic heterocycles. The van der Waals surface area contributed by atoms with Crippen molar-refractivity contribution in [3.8, 4) is 0 Å². The van der Waals surface area contributed by atoms with E-state index in [4.69, 9.17) is 4.74 Å². The maximum atomic E-state index is 12.0. The predicted molar refractivity (Wildman–Crippen MR) is 70.0 cm³/mol. The first-order valence-corrected chi connectivity index (χ1v) is 6.31. The van der Waals surface area contributed by atoms with Crippen LogP contribution in [0.5, 0.6) is 0 Å². The SMILES string of the molecule is COC(=O)c1cccc(NC(=O)C2CCCCO2)c1. The van der Waals surface area contributed by atoms with Crippen molar-refractivity contribution >= 4 is 17.6 Å². The minimum Gasteiger partial charge on any atom is -0.465 e. The Labute approximate surface area is 111 Å². The molecule has 0 spiro atoms. The first-order valence-electron chi connectivity index (χ1n) is 6.31. The van der Waals surface area contributed by atoms with E-state index in [2.05, 4.69) is 10.1 Å². The molecule has 0 aliphatic carbocycles. The summed E-state index contributed by atoms with van der Waals surface area (Å²) in [6.45, 7) is 0.625. The summed E-state index contributed by atoms with van der Waals surface area (Å²) in [7, 11) is 1.32. The first kappa shape index (κ1) is 13.5. The van der Waals surface area contributed by atoms with Gasteiger partial charge in [0.25, 0.3) is 5.91 Å². The molecular formula is C14H17NO4. The maximum Gasteiger partial charge on any atom is 0.337 e. The predicted octanol–water partition coefficient (Wildman–Crippen LogP) is 1.98. The van der Waals surface area contributed by atoms with Crippen LogP contribution in [0.25, 0.3) is 0 Å². The molecule has 102 valence electrons. The zero-order valence-electron chi connectivity index (χ0n) is 10.8. The molecule has 1 saturated heterocycles. The molecule has 5 heteroatoms. The van der Waals surface area contributed by atoms with E-state index in [0.717, 1.165) is 19.3 Å². The number of benzene rings is 1. The Hall–Kier alpha value is -1.88. The number of esters is 1. The van der Waals surface area contributed by atoms with E-state index in [0.29, 0.717) is 17.9 Å². The van der Waals surface area contributed by atoms with Crippen LogP contribution < -0.4 is 5.32 Å². The zero-order valence-corrected chi connectivity index (χ0v) is 10.8. The van der Waals surface area contributed by atoms with Crippen LogP contribution in [0.15, 0.2) is 24.3 Å². The Morgan fingerprint density at radius 1 is 1.37 bits per heavy atom. The lowest BCUT2D eigenvalue weighted by Crippen LogP contribution is -2.33. The van der Waals surface area contributed by atoms with Gasteiger partial charge in [-0.15, -0.1) is 0 Å². The van der Waals surface area contributed by atoms with Crippen molar-refractivity contribution in [2.45, 2.75) is 25.4 Å². The van der Waals surface area contributed by atoms with Gasteiger partial charge >= 0.3 is 5.97 Å². The zero-order chi connectivity index (χ0) is 13.7. The molecule has 1 aliphatic rings. The second-order valence-corrected chi connectivity index (χ2v) is 4.42. The van der Waals surface area contributed by atoms with Crippen molar-refractivity contribution in [2.75, 3.05) is 19.0 Å². The molecule has 1 aromatic carbocycles. The lowest BCUT2D eigenvalue weighted by atomic mass is 10.1. The number of methoxy groups -OCH3 is 1. The van der Waals surface area contributed by atoms with Gasteiger partial charge in [-0.25, -0.2) is 4.79 Å². The summed E-state index contributed by atoms with van der Waals surface area (Å²) < 4.78 is 10.0. The number of anilines is 1. The van der Waals surface area contributed by atoms with Crippen LogP contribution in [0.1, 0.15) is 29.6 Å². The number of ether oxygens (including phenoxy) is 2. The van der Waals surface area contributed by atoms with E-state index in [1.54, 1.807) is 24.3 Å². The highest BCUT2D eigenvalue weighted by molar-refractivity contribution is 5.96. The van der Waals surface area contributed by atoms with Crippen LogP contribution in [0.4, 0.5) is 5.69 Å². The van der Waals surface area contributed by atoms with Crippen LogP contribution in [0.3, 0.4) is 0 Å². The van der Waals surface area contributed by atoms with E-state index in [9.17, 15) is 9.59 Å². The third-order valence-corrected chi connectivity index (χ3v) is 3.02. The van der Waals surface area contributed by atoms with Crippen LogP contribution in [-0.4, -0.2) is 31.7 Å². The van der Waals surface area contributed by atoms with Crippen LogP contribution in [-0.2, 0) is 14.3 Å². The number of carbonyl (C=O) groups is 2. The summed E-state index contributed by atoms with van der Waals surface area (Å²) in [4.78, 5) is 23.4. The number of hydrogen-bond donors (Lipinski definition) is 1. The van der Waals surface area contributed by atoms with Crippen molar-refractivity contribution in [3.63, 3.8) is 0 Å². The van der Waals surface area contributed by atoms with Gasteiger partial charge in [0.1, 0.15) is 6.10 Å². The largest absolute Gasteiger partial charge is 0.465 e. The third kappa shape index (κ3) is 3.54. The molecule has 1 fully saturated rings. The number of rotatable bonds is 3. The van der Waals surface area contributed by atoms with E-state index >= 15 is 0 Å². The fourth-order valence-corrected chi connectivity index (χ4v) is 2.01. The Balaban J connectivity index is 2.02. The molecule has 5 nitrogen and oxygen atoms in total. The van der Waals surface area contributed by atoms with Gasteiger partial charge in [-0.2, -0.15) is 0 Å². The molecule has 1 heterocycles. The average molecular weight is 263 g/mol. The second-order valence-electron chi connectivity index (χ2n) is 4.42. The molecular weight excluding hydrogens is 246 g/mol. The van der Waals surface area contributed by atoms with Gasteiger partial charge in [0.05, 0.1) is 12.7 Å². The number of nitrogens with one attached hydrogen (secondary N) is 1. The fourth-order valence-electron chi connectivity index (χ4n) is 2.01. The number of amides is 1. The van der Waals surface area contributed by atoms with Gasteiger partial charge < -0.3 is 14.8 Å². The van der Waals surface area contributed by atoms with Gasteiger partial charge in [-0.3, -0.25) is 4.79 Å². The van der Waals surface area contributed by atoms with Gasteiger partial charge in [-0.1, -0.05) is 6.07 Å². The molecule has 1 atom stereocenters. The first-order chi connectivity index (χ1) is 9.20. The summed E-state index contributed by atoms with van der Waals surface area (Å²) >= 11 is 0. The minimum absolute atomic E-state index is 0.165. The van der Waals surface area contributed by atoms with Gasteiger partial charge in [-0.05, 0) is 37.5 Å². The summed E-state index contributed by atoms with van der Waals surface area (Å²) in [6, 6.07) is 6.65. The smallest absolute Gasteiger partial charge is 0.337 e. The summed E-state index contributed by atoms with van der Waals surface area (Å²) in [5.74, 6) is -0.591. The van der Waals surface area contributed by atoms with Gasteiger partial charge in [0.2, 0.25) is 0 Å². The number of carbonyl (C=O) groups excluding carboxylic acids is 2. The highest BCUT2D eigenvalue weighted by Gasteiger charge is 2.22. The maximum absolute atomic E-state index is 12.0. The lowest BCUT2D eigenvalue weighted by molar-refractivity contribution is -0.129. The van der Waals surface area contributed by atoms with Crippen molar-refractivity contribution in [2.24, 2.45) is 0 Å². The van der Waals surface area contributed by atoms with Crippen LogP contribution in [0, 0.1) is 0 Å². The quantitative estimate of drug-likeness (QED) is 0.847. The molecule has 2 rings (SSSR count). The van der Waals surface area contributed by atoms with E-state index in [-0.39, 0.29) is 5.91 Å². The Morgan fingerprint density at radius 2 is 2.21 bits per heavy atom. The highest BCUT2D eigenvalue weighted by Crippen LogP contribution is 2.16. The number of hydrogen-bond acceptors (Lipinski definition) is 4. The monoisotopic (exact) mass is 263 g/mol. The topological polar surface area (TPSA) is 64.6 Å². The molecule has 1 N–H and O–H groups in total. The van der Waals surface area contributed by atoms with Gasteiger partial charge in [0, 0.05) is 12.3 Å². The van der Waals surface area contributed by atoms with Crippen LogP contribution in [0.2, 0.25) is 0 Å². The summed E-state index contributed by atoms with van der Waals surface area (Å²) in [5.41, 5.74) is 0.979. The highest BCUT2D eigenvalue weighted by atomic mass is 16.5. The molecule has 1 amide bonds. The molecule has 0 bridgehead atoms. The normalized spacial score (nSPS) is 18.7. The molecule has 0 saturated carbocycles. The van der Waals surface area contributed by atoms with Crippen molar-refractivity contribution < 1.29 is 19.1 Å². The molecule has 0 radical (unpaired) electrons. The molecule has 19 heavy (non-hydrogen) atoms. The summed E-state index contributed by atoms with van der Waals surface area (Å²) in [5, 5.41) is 2.76. The Bertz CT molecular complexity index is 466. The van der Waals surface area contributed by atoms with E-state index in [1.807, 2.05) is 0 Å². The Morgan fingerprint density at radius 3 is 2.89 bits per heavy atom. The molecule has 1 aromatic rings. The Kier molecular flexibility index (Phi) is 4.52. The van der Waals surface area contributed by atoms with E-state index in [1.165, 1.54) is 7.11 Å². The fraction of sp³-hybridized carbons (Fsp3) is 0.429. The second kappa shape index (κ2) is 6.33. The van der Waals surface area contributed by atoms with Crippen LogP contribution >= 0.6 is 0 Å². The van der Waals surface area contributed by atoms with Crippen molar-refractivity contribution in [1.29, 1.82) is 0 Å². The lowest BCUT2D eigenvalue weighted by Gasteiger charge is -2.21. The van der Waals surface area contributed by atoms with Crippen molar-refractivity contribution in [1.82, 2.24) is 0 Å². The van der Waals surface area contributed by atoms with Gasteiger partial charge in [0.15, 0.2) is 0 Å². The minimum atomic E-state index is -0.426. The molecule has 1 aliphatic heterocycles. The summed E-state index contributed by atoms with van der Waals surface area (Å²) in [6.07, 6.45) is 2.35. The average Bonchev–Trinajstić information content (AvgIpc) is 2.47.